The van der Waals surface area contributed by atoms with Gasteiger partial charge in [0.1, 0.15) is 0 Å². The molecule has 0 aromatic carbocycles. The number of pyridine rings is 1. The minimum atomic E-state index is -0.768. The molecule has 0 bridgehead atoms. The zero-order valence-corrected chi connectivity index (χ0v) is 17.7. The second-order valence-corrected chi connectivity index (χ2v) is 9.08. The van der Waals surface area contributed by atoms with Gasteiger partial charge < -0.3 is 8.83 Å². The standard InChI is InChI=1S/C17H19Cl2N5O4/c1-16(2,3)12-21-23(14(25)27-12)10-8(18)7-9(19)11(20-10)24-15(26)28-13(22-24)17(4,5)6/h7H,1-6H3. The van der Waals surface area contributed by atoms with Crippen molar-refractivity contribution in [2.75, 3.05) is 0 Å². The van der Waals surface area contributed by atoms with Gasteiger partial charge >= 0.3 is 11.5 Å². The number of hydrogen-bond donors (Lipinski definition) is 0. The van der Waals surface area contributed by atoms with E-state index in [1.165, 1.54) is 6.07 Å². The van der Waals surface area contributed by atoms with E-state index in [0.29, 0.717) is 0 Å². The van der Waals surface area contributed by atoms with Gasteiger partial charge in [-0.2, -0.15) is 0 Å². The third kappa shape index (κ3) is 3.64. The van der Waals surface area contributed by atoms with Crippen LogP contribution in [0.15, 0.2) is 24.5 Å². The molecule has 0 saturated carbocycles. The Morgan fingerprint density at radius 1 is 0.786 bits per heavy atom. The van der Waals surface area contributed by atoms with Crippen LogP contribution in [0, 0.1) is 0 Å². The van der Waals surface area contributed by atoms with Crippen LogP contribution in [-0.4, -0.2) is 24.5 Å². The molecule has 11 heteroatoms. The number of hydrogen-bond acceptors (Lipinski definition) is 7. The van der Waals surface area contributed by atoms with Crippen LogP contribution < -0.4 is 11.5 Å². The van der Waals surface area contributed by atoms with Crippen LogP contribution in [0.1, 0.15) is 53.3 Å². The maximum Gasteiger partial charge on any atom is 0.443 e. The Morgan fingerprint density at radius 3 is 1.43 bits per heavy atom. The number of halogens is 2. The van der Waals surface area contributed by atoms with Gasteiger partial charge in [-0.1, -0.05) is 64.7 Å². The number of aromatic nitrogens is 5. The average molecular weight is 428 g/mol. The topological polar surface area (TPSA) is 109 Å². The fraction of sp³-hybridized carbons (Fsp3) is 0.471. The fourth-order valence-corrected chi connectivity index (χ4v) is 2.69. The highest BCUT2D eigenvalue weighted by molar-refractivity contribution is 6.36. The summed E-state index contributed by atoms with van der Waals surface area (Å²) in [5, 5.41) is 8.43. The van der Waals surface area contributed by atoms with Crippen LogP contribution in [0.4, 0.5) is 0 Å². The SMILES string of the molecule is CC(C)(C)c1nn(-c2nc(-n3nc(C(C)(C)C)oc3=O)c(Cl)cc2Cl)c(=O)o1. The van der Waals surface area contributed by atoms with Crippen LogP contribution in [0.2, 0.25) is 10.0 Å². The van der Waals surface area contributed by atoms with Crippen LogP contribution >= 0.6 is 23.2 Å². The molecule has 3 aromatic rings. The molecule has 9 nitrogen and oxygen atoms in total. The molecule has 150 valence electrons. The van der Waals surface area contributed by atoms with Crippen molar-refractivity contribution in [3.8, 4) is 11.6 Å². The first-order valence-electron chi connectivity index (χ1n) is 8.37. The summed E-state index contributed by atoms with van der Waals surface area (Å²) in [6, 6.07) is 1.34. The van der Waals surface area contributed by atoms with E-state index < -0.39 is 22.3 Å². The predicted molar refractivity (Wildman–Crippen MR) is 103 cm³/mol. The number of nitrogens with zero attached hydrogens (tertiary/aromatic N) is 5. The Hall–Kier alpha value is -2.39. The van der Waals surface area contributed by atoms with Gasteiger partial charge in [-0.3, -0.25) is 0 Å². The molecule has 0 fully saturated rings. The van der Waals surface area contributed by atoms with Gasteiger partial charge in [-0.25, -0.2) is 14.6 Å². The van der Waals surface area contributed by atoms with E-state index in [4.69, 9.17) is 32.0 Å². The molecule has 0 unspecified atom stereocenters. The predicted octanol–water partition coefficient (Wildman–Crippen LogP) is 3.26. The van der Waals surface area contributed by atoms with Crippen molar-refractivity contribution in [1.82, 2.24) is 24.5 Å². The Bertz CT molecular complexity index is 1070. The summed E-state index contributed by atoms with van der Waals surface area (Å²) in [5.41, 5.74) is -1.01. The molecule has 0 radical (unpaired) electrons. The Morgan fingerprint density at radius 2 is 1.14 bits per heavy atom. The van der Waals surface area contributed by atoms with Crippen molar-refractivity contribution in [2.24, 2.45) is 0 Å². The first-order chi connectivity index (χ1) is 12.8. The summed E-state index contributed by atoms with van der Waals surface area (Å²) in [7, 11) is 0. The highest BCUT2D eigenvalue weighted by Crippen LogP contribution is 2.27. The van der Waals surface area contributed by atoms with E-state index in [0.717, 1.165) is 9.36 Å². The lowest BCUT2D eigenvalue weighted by molar-refractivity contribution is 0.375. The molecular formula is C17H19Cl2N5O4. The van der Waals surface area contributed by atoms with Gasteiger partial charge in [0.2, 0.25) is 11.8 Å². The average Bonchev–Trinajstić information content (AvgIpc) is 3.11. The maximum atomic E-state index is 12.3. The largest absolute Gasteiger partial charge is 0.443 e. The first kappa shape index (κ1) is 20.3. The summed E-state index contributed by atoms with van der Waals surface area (Å²) in [6.45, 7) is 11.0. The lowest BCUT2D eigenvalue weighted by Crippen LogP contribution is -2.20. The van der Waals surface area contributed by atoms with Crippen molar-refractivity contribution >= 4 is 23.2 Å². The van der Waals surface area contributed by atoms with Gasteiger partial charge in [0.15, 0.2) is 11.6 Å². The van der Waals surface area contributed by atoms with Crippen LogP contribution in [-0.2, 0) is 10.8 Å². The van der Waals surface area contributed by atoms with Crippen molar-refractivity contribution in [2.45, 2.75) is 52.4 Å². The molecule has 0 atom stereocenters. The van der Waals surface area contributed by atoms with Gasteiger partial charge in [0, 0.05) is 10.8 Å². The van der Waals surface area contributed by atoms with E-state index in [1.807, 2.05) is 41.5 Å². The van der Waals surface area contributed by atoms with E-state index in [-0.39, 0.29) is 33.5 Å². The summed E-state index contributed by atoms with van der Waals surface area (Å²) >= 11 is 12.4. The van der Waals surface area contributed by atoms with Gasteiger partial charge in [0.25, 0.3) is 0 Å². The van der Waals surface area contributed by atoms with Gasteiger partial charge in [0.05, 0.1) is 10.0 Å². The maximum absolute atomic E-state index is 12.3. The molecule has 0 amide bonds. The van der Waals surface area contributed by atoms with E-state index in [1.54, 1.807) is 0 Å². The molecule has 3 aromatic heterocycles. The molecule has 0 aliphatic heterocycles. The van der Waals surface area contributed by atoms with E-state index in [9.17, 15) is 9.59 Å². The zero-order valence-electron chi connectivity index (χ0n) is 16.2. The summed E-state index contributed by atoms with van der Waals surface area (Å²) in [6.07, 6.45) is 0. The third-order valence-electron chi connectivity index (χ3n) is 3.67. The van der Waals surface area contributed by atoms with Crippen LogP contribution in [0.5, 0.6) is 0 Å². The van der Waals surface area contributed by atoms with E-state index in [2.05, 4.69) is 15.2 Å². The highest BCUT2D eigenvalue weighted by atomic mass is 35.5. The normalized spacial score (nSPS) is 12.6. The second kappa shape index (κ2) is 6.59. The molecule has 0 spiro atoms. The summed E-state index contributed by atoms with van der Waals surface area (Å²) in [4.78, 5) is 28.8. The summed E-state index contributed by atoms with van der Waals surface area (Å²) in [5.74, 6) is -1.21. The highest BCUT2D eigenvalue weighted by Gasteiger charge is 2.27. The molecular weight excluding hydrogens is 409 g/mol. The lowest BCUT2D eigenvalue weighted by Gasteiger charge is -2.11. The monoisotopic (exact) mass is 427 g/mol. The Kier molecular flexibility index (Phi) is 4.79. The lowest BCUT2D eigenvalue weighted by atomic mass is 9.97. The summed E-state index contributed by atoms with van der Waals surface area (Å²) < 4.78 is 12.2. The first-order valence-corrected chi connectivity index (χ1v) is 9.12. The van der Waals surface area contributed by atoms with Crippen molar-refractivity contribution < 1.29 is 8.83 Å². The molecule has 0 aliphatic rings. The van der Waals surface area contributed by atoms with Crippen molar-refractivity contribution in [1.29, 1.82) is 0 Å². The molecule has 0 saturated heterocycles. The van der Waals surface area contributed by atoms with Crippen molar-refractivity contribution in [3.63, 3.8) is 0 Å². The van der Waals surface area contributed by atoms with Gasteiger partial charge in [-0.05, 0) is 6.07 Å². The third-order valence-corrected chi connectivity index (χ3v) is 4.23. The molecule has 0 N–H and O–H groups in total. The minimum absolute atomic E-state index is 0.0440. The Balaban J connectivity index is 2.21. The smallest absolute Gasteiger partial charge is 0.391 e. The van der Waals surface area contributed by atoms with Crippen LogP contribution in [0.3, 0.4) is 0 Å². The molecule has 3 heterocycles. The zero-order chi connectivity index (χ0) is 21.0. The Labute approximate surface area is 169 Å². The quantitative estimate of drug-likeness (QED) is 0.616. The fourth-order valence-electron chi connectivity index (χ4n) is 2.17. The number of rotatable bonds is 2. The molecule has 28 heavy (non-hydrogen) atoms. The van der Waals surface area contributed by atoms with Crippen molar-refractivity contribution in [3.05, 3.63) is 49.0 Å². The van der Waals surface area contributed by atoms with E-state index >= 15 is 0 Å². The molecule has 0 aliphatic carbocycles. The van der Waals surface area contributed by atoms with Crippen LogP contribution in [0.25, 0.3) is 11.6 Å². The molecule has 3 rings (SSSR count). The minimum Gasteiger partial charge on any atom is -0.391 e. The second-order valence-electron chi connectivity index (χ2n) is 8.27. The van der Waals surface area contributed by atoms with Gasteiger partial charge in [-0.15, -0.1) is 19.6 Å².